The fraction of sp³-hybridized carbons (Fsp3) is 0.467. The van der Waals surface area contributed by atoms with Gasteiger partial charge in [0, 0.05) is 12.8 Å². The molecule has 1 aliphatic carbocycles. The molecule has 1 N–H and O–H groups in total. The second-order valence-corrected chi connectivity index (χ2v) is 7.82. The summed E-state index contributed by atoms with van der Waals surface area (Å²) in [6.45, 7) is 2.31. The average molecular weight is 306 g/mol. The number of nitriles is 1. The van der Waals surface area contributed by atoms with E-state index in [9.17, 15) is 18.5 Å². The van der Waals surface area contributed by atoms with Crippen LogP contribution in [0.1, 0.15) is 25.3 Å². The molecule has 21 heavy (non-hydrogen) atoms. The van der Waals surface area contributed by atoms with Crippen LogP contribution in [0.4, 0.5) is 0 Å². The minimum atomic E-state index is -3.21. The van der Waals surface area contributed by atoms with Crippen LogP contribution in [-0.2, 0) is 21.2 Å². The lowest BCUT2D eigenvalue weighted by molar-refractivity contribution is -0.134. The fourth-order valence-corrected chi connectivity index (χ4v) is 3.29. The van der Waals surface area contributed by atoms with E-state index in [1.165, 1.54) is 12.1 Å². The summed E-state index contributed by atoms with van der Waals surface area (Å²) in [6.07, 6.45) is 2.35. The van der Waals surface area contributed by atoms with E-state index in [2.05, 4.69) is 11.4 Å². The van der Waals surface area contributed by atoms with E-state index in [1.54, 1.807) is 12.1 Å². The summed E-state index contributed by atoms with van der Waals surface area (Å²) in [7, 11) is -3.21. The van der Waals surface area contributed by atoms with Crippen molar-refractivity contribution >= 4 is 15.7 Å². The van der Waals surface area contributed by atoms with Gasteiger partial charge in [0.25, 0.3) is 0 Å². The lowest BCUT2D eigenvalue weighted by Crippen LogP contribution is -2.47. The Hall–Kier alpha value is -1.87. The third kappa shape index (κ3) is 3.24. The standard InChI is InChI=1S/C15H18N2O3S/c1-11-7-15(8-11,10-16)14(18)17-9-12-3-5-13(6-4-12)21(2,19)20/h3-6,11H,7-9H2,1-2H3,(H,17,18). The average Bonchev–Trinajstić information content (AvgIpc) is 2.40. The molecule has 1 aromatic carbocycles. The number of nitrogens with one attached hydrogen (secondary N) is 1. The second-order valence-electron chi connectivity index (χ2n) is 5.81. The van der Waals surface area contributed by atoms with E-state index < -0.39 is 15.3 Å². The Morgan fingerprint density at radius 2 is 1.95 bits per heavy atom. The summed E-state index contributed by atoms with van der Waals surface area (Å²) in [5.41, 5.74) is -0.0808. The van der Waals surface area contributed by atoms with Crippen LogP contribution in [0.3, 0.4) is 0 Å². The Balaban J connectivity index is 1.98. The van der Waals surface area contributed by atoms with Crippen LogP contribution in [0.25, 0.3) is 0 Å². The third-order valence-electron chi connectivity index (χ3n) is 3.85. The zero-order chi connectivity index (χ0) is 15.7. The quantitative estimate of drug-likeness (QED) is 0.916. The molecule has 2 rings (SSSR count). The minimum absolute atomic E-state index is 0.240. The Morgan fingerprint density at radius 3 is 2.38 bits per heavy atom. The van der Waals surface area contributed by atoms with Gasteiger partial charge in [-0.1, -0.05) is 19.1 Å². The minimum Gasteiger partial charge on any atom is -0.351 e. The molecule has 6 heteroatoms. The summed E-state index contributed by atoms with van der Waals surface area (Å²) in [5, 5.41) is 11.9. The van der Waals surface area contributed by atoms with Crippen LogP contribution in [0.5, 0.6) is 0 Å². The molecule has 1 saturated carbocycles. The first-order chi connectivity index (χ1) is 9.77. The van der Waals surface area contributed by atoms with E-state index in [0.717, 1.165) is 11.8 Å². The Kier molecular flexibility index (Phi) is 4.06. The van der Waals surface area contributed by atoms with Gasteiger partial charge in [-0.05, 0) is 36.5 Å². The van der Waals surface area contributed by atoms with Crippen molar-refractivity contribution < 1.29 is 13.2 Å². The molecular weight excluding hydrogens is 288 g/mol. The summed E-state index contributed by atoms with van der Waals surface area (Å²) >= 11 is 0. The normalized spacial score (nSPS) is 24.7. The maximum Gasteiger partial charge on any atom is 0.240 e. The van der Waals surface area contributed by atoms with Crippen molar-refractivity contribution in [1.29, 1.82) is 5.26 Å². The molecule has 1 aliphatic rings. The molecule has 0 saturated heterocycles. The van der Waals surface area contributed by atoms with Crippen LogP contribution >= 0.6 is 0 Å². The maximum atomic E-state index is 12.1. The highest BCUT2D eigenvalue weighted by molar-refractivity contribution is 7.90. The van der Waals surface area contributed by atoms with Gasteiger partial charge in [0.2, 0.25) is 5.91 Å². The van der Waals surface area contributed by atoms with Gasteiger partial charge < -0.3 is 5.32 Å². The zero-order valence-electron chi connectivity index (χ0n) is 12.1. The molecule has 112 valence electrons. The highest BCUT2D eigenvalue weighted by atomic mass is 32.2. The highest BCUT2D eigenvalue weighted by Gasteiger charge is 2.48. The molecule has 1 aromatic rings. The fourth-order valence-electron chi connectivity index (χ4n) is 2.66. The molecule has 0 unspecified atom stereocenters. The number of nitrogens with zero attached hydrogens (tertiary/aromatic N) is 1. The Bertz CT molecular complexity index is 681. The van der Waals surface area contributed by atoms with Crippen molar-refractivity contribution in [3.63, 3.8) is 0 Å². The van der Waals surface area contributed by atoms with Crippen molar-refractivity contribution in [2.24, 2.45) is 11.3 Å². The van der Waals surface area contributed by atoms with Gasteiger partial charge in [0.15, 0.2) is 9.84 Å². The smallest absolute Gasteiger partial charge is 0.240 e. The van der Waals surface area contributed by atoms with Crippen LogP contribution in [0, 0.1) is 22.7 Å². The Morgan fingerprint density at radius 1 is 1.38 bits per heavy atom. The number of sulfone groups is 1. The molecular formula is C15H18N2O3S. The SMILES string of the molecule is CC1CC(C#N)(C(=O)NCc2ccc(S(C)(=O)=O)cc2)C1. The van der Waals surface area contributed by atoms with Crippen molar-refractivity contribution in [3.8, 4) is 6.07 Å². The number of hydrogen-bond donors (Lipinski definition) is 1. The van der Waals surface area contributed by atoms with Gasteiger partial charge >= 0.3 is 0 Å². The maximum absolute atomic E-state index is 12.1. The van der Waals surface area contributed by atoms with Crippen molar-refractivity contribution in [3.05, 3.63) is 29.8 Å². The molecule has 1 fully saturated rings. The lowest BCUT2D eigenvalue weighted by atomic mass is 9.63. The molecule has 1 amide bonds. The zero-order valence-corrected chi connectivity index (χ0v) is 12.9. The number of carbonyl (C=O) groups is 1. The lowest BCUT2D eigenvalue weighted by Gasteiger charge is -2.39. The van der Waals surface area contributed by atoms with Crippen LogP contribution in [0.2, 0.25) is 0 Å². The highest BCUT2D eigenvalue weighted by Crippen LogP contribution is 2.45. The summed E-state index contributed by atoms with van der Waals surface area (Å²) in [5.74, 6) is 0.166. The summed E-state index contributed by atoms with van der Waals surface area (Å²) in [6, 6.07) is 8.48. The monoisotopic (exact) mass is 306 g/mol. The molecule has 0 heterocycles. The number of rotatable bonds is 4. The summed E-state index contributed by atoms with van der Waals surface area (Å²) in [4.78, 5) is 12.3. The first-order valence-electron chi connectivity index (χ1n) is 6.75. The van der Waals surface area contributed by atoms with E-state index >= 15 is 0 Å². The number of amides is 1. The van der Waals surface area contributed by atoms with Crippen molar-refractivity contribution in [1.82, 2.24) is 5.32 Å². The van der Waals surface area contributed by atoms with E-state index in [-0.39, 0.29) is 10.8 Å². The van der Waals surface area contributed by atoms with Gasteiger partial charge in [-0.25, -0.2) is 8.42 Å². The van der Waals surface area contributed by atoms with Crippen molar-refractivity contribution in [2.45, 2.75) is 31.2 Å². The second kappa shape index (κ2) is 5.49. The number of hydrogen-bond acceptors (Lipinski definition) is 4. The van der Waals surface area contributed by atoms with Gasteiger partial charge in [0.05, 0.1) is 11.0 Å². The van der Waals surface area contributed by atoms with E-state index in [1.807, 2.05) is 6.92 Å². The molecule has 5 nitrogen and oxygen atoms in total. The molecule has 0 bridgehead atoms. The molecule has 0 atom stereocenters. The Labute approximate surface area is 124 Å². The van der Waals surface area contributed by atoms with Crippen LogP contribution in [-0.4, -0.2) is 20.6 Å². The van der Waals surface area contributed by atoms with Gasteiger partial charge in [-0.2, -0.15) is 5.26 Å². The predicted molar refractivity (Wildman–Crippen MR) is 77.8 cm³/mol. The third-order valence-corrected chi connectivity index (χ3v) is 4.98. The van der Waals surface area contributed by atoms with E-state index in [0.29, 0.717) is 25.3 Å². The largest absolute Gasteiger partial charge is 0.351 e. The topological polar surface area (TPSA) is 87.0 Å². The van der Waals surface area contributed by atoms with Crippen molar-refractivity contribution in [2.75, 3.05) is 6.26 Å². The first-order valence-corrected chi connectivity index (χ1v) is 8.64. The predicted octanol–water partition coefficient (Wildman–Crippen LogP) is 1.65. The van der Waals surface area contributed by atoms with Crippen LogP contribution < -0.4 is 5.32 Å². The van der Waals surface area contributed by atoms with Gasteiger partial charge in [-0.15, -0.1) is 0 Å². The first kappa shape index (κ1) is 15.5. The number of carbonyl (C=O) groups excluding carboxylic acids is 1. The van der Waals surface area contributed by atoms with Gasteiger partial charge in [0.1, 0.15) is 5.41 Å². The molecule has 0 radical (unpaired) electrons. The van der Waals surface area contributed by atoms with Gasteiger partial charge in [-0.3, -0.25) is 4.79 Å². The summed E-state index contributed by atoms with van der Waals surface area (Å²) < 4.78 is 22.7. The molecule has 0 spiro atoms. The molecule has 0 aromatic heterocycles. The molecule has 0 aliphatic heterocycles. The van der Waals surface area contributed by atoms with Crippen LogP contribution in [0.15, 0.2) is 29.2 Å². The van der Waals surface area contributed by atoms with E-state index in [4.69, 9.17) is 0 Å². The number of benzene rings is 1.